The molecule has 1 unspecified atom stereocenters. The first-order valence-electron chi connectivity index (χ1n) is 9.57. The fourth-order valence-corrected chi connectivity index (χ4v) is 3.09. The highest BCUT2D eigenvalue weighted by atomic mass is 19.3. The van der Waals surface area contributed by atoms with Crippen molar-refractivity contribution in [2.75, 3.05) is 0 Å². The van der Waals surface area contributed by atoms with Crippen LogP contribution in [0.1, 0.15) is 93.4 Å². The summed E-state index contributed by atoms with van der Waals surface area (Å²) in [5.74, 6) is -2.15. The van der Waals surface area contributed by atoms with Gasteiger partial charge in [-0.3, -0.25) is 4.99 Å². The number of rotatable bonds is 7. The molecule has 0 N–H and O–H groups in total. The average molecular weight is 342 g/mol. The van der Waals surface area contributed by atoms with Crippen LogP contribution < -0.4 is 0 Å². The zero-order chi connectivity index (χ0) is 18.8. The van der Waals surface area contributed by atoms with E-state index in [4.69, 9.17) is 0 Å². The second-order valence-corrected chi connectivity index (χ2v) is 6.70. The van der Waals surface area contributed by atoms with Gasteiger partial charge in [0.25, 0.3) is 5.92 Å². The maximum Gasteiger partial charge on any atom is 0.264 e. The van der Waals surface area contributed by atoms with Crippen molar-refractivity contribution in [2.24, 2.45) is 10.9 Å². The quantitative estimate of drug-likeness (QED) is 0.332. The lowest BCUT2D eigenvalue weighted by molar-refractivity contribution is 0.0769. The van der Waals surface area contributed by atoms with Gasteiger partial charge in [-0.25, -0.2) is 8.78 Å². The fourth-order valence-electron chi connectivity index (χ4n) is 3.09. The summed E-state index contributed by atoms with van der Waals surface area (Å²) in [5.41, 5.74) is 3.78. The normalized spacial score (nSPS) is 20.0. The lowest BCUT2D eigenvalue weighted by Gasteiger charge is -2.25. The number of nitrogens with zero attached hydrogens (tertiary/aromatic N) is 1. The minimum atomic E-state index is -2.78. The average Bonchev–Trinajstić information content (AvgIpc) is 2.51. The van der Waals surface area contributed by atoms with Crippen LogP contribution in [0.25, 0.3) is 0 Å². The molecule has 0 fully saturated rings. The molecule has 0 aromatic carbocycles. The van der Waals surface area contributed by atoms with Gasteiger partial charge >= 0.3 is 0 Å². The zero-order valence-corrected chi connectivity index (χ0v) is 16.8. The van der Waals surface area contributed by atoms with E-state index in [2.05, 4.69) is 18.8 Å². The SMILES string of the molecule is CC.CCCCCC1CCCC(N=C(C)/C(C)=C/C(C)(F)F)=C1C. The van der Waals surface area contributed by atoms with Gasteiger partial charge in [-0.05, 0) is 69.6 Å². The second-order valence-electron chi connectivity index (χ2n) is 6.70. The van der Waals surface area contributed by atoms with E-state index < -0.39 is 5.92 Å². The summed E-state index contributed by atoms with van der Waals surface area (Å²) in [5, 5.41) is 0. The molecule has 0 aromatic rings. The molecule has 1 rings (SSSR count). The van der Waals surface area contributed by atoms with Crippen LogP contribution in [0.4, 0.5) is 8.78 Å². The third kappa shape index (κ3) is 8.75. The summed E-state index contributed by atoms with van der Waals surface area (Å²) in [7, 11) is 0. The summed E-state index contributed by atoms with van der Waals surface area (Å²) >= 11 is 0. The van der Waals surface area contributed by atoms with Crippen LogP contribution in [-0.4, -0.2) is 11.6 Å². The van der Waals surface area contributed by atoms with Crippen molar-refractivity contribution in [3.05, 3.63) is 22.9 Å². The Morgan fingerprint density at radius 2 is 1.88 bits per heavy atom. The lowest BCUT2D eigenvalue weighted by atomic mass is 9.83. The Kier molecular flexibility index (Phi) is 11.1. The van der Waals surface area contributed by atoms with E-state index in [1.165, 1.54) is 37.7 Å². The van der Waals surface area contributed by atoms with E-state index in [9.17, 15) is 8.78 Å². The molecular formula is C21H37F2N. The number of hydrogen-bond acceptors (Lipinski definition) is 1. The summed E-state index contributed by atoms with van der Waals surface area (Å²) in [6.07, 6.45) is 9.42. The topological polar surface area (TPSA) is 12.4 Å². The maximum absolute atomic E-state index is 13.1. The number of unbranched alkanes of at least 4 members (excludes halogenated alkanes) is 2. The van der Waals surface area contributed by atoms with Crippen LogP contribution in [0, 0.1) is 5.92 Å². The monoisotopic (exact) mass is 341 g/mol. The molecule has 0 amide bonds. The van der Waals surface area contributed by atoms with Crippen molar-refractivity contribution >= 4 is 5.71 Å². The molecule has 1 aliphatic rings. The van der Waals surface area contributed by atoms with Crippen LogP contribution in [0.5, 0.6) is 0 Å². The Hall–Kier alpha value is -0.990. The first-order valence-corrected chi connectivity index (χ1v) is 9.57. The van der Waals surface area contributed by atoms with Crippen LogP contribution in [-0.2, 0) is 0 Å². The minimum Gasteiger partial charge on any atom is -0.258 e. The molecule has 1 aliphatic carbocycles. The van der Waals surface area contributed by atoms with Gasteiger partial charge in [-0.1, -0.05) is 40.0 Å². The number of allylic oxidation sites excluding steroid dienone is 4. The van der Waals surface area contributed by atoms with E-state index in [1.807, 2.05) is 20.8 Å². The molecule has 3 heteroatoms. The van der Waals surface area contributed by atoms with Crippen LogP contribution in [0.15, 0.2) is 27.9 Å². The highest BCUT2D eigenvalue weighted by Crippen LogP contribution is 2.34. The van der Waals surface area contributed by atoms with Crippen molar-refractivity contribution in [3.8, 4) is 0 Å². The predicted octanol–water partition coefficient (Wildman–Crippen LogP) is 7.73. The minimum absolute atomic E-state index is 0.570. The van der Waals surface area contributed by atoms with Gasteiger partial charge in [0.2, 0.25) is 0 Å². The molecule has 1 atom stereocenters. The van der Waals surface area contributed by atoms with Gasteiger partial charge in [0, 0.05) is 18.3 Å². The molecule has 1 nitrogen and oxygen atoms in total. The molecule has 0 spiro atoms. The first kappa shape index (κ1) is 23.0. The smallest absolute Gasteiger partial charge is 0.258 e. The first-order chi connectivity index (χ1) is 11.2. The Labute approximate surface area is 148 Å². The van der Waals surface area contributed by atoms with Crippen LogP contribution >= 0.6 is 0 Å². The molecule has 0 aromatic heterocycles. The van der Waals surface area contributed by atoms with Gasteiger partial charge in [0.05, 0.1) is 0 Å². The van der Waals surface area contributed by atoms with E-state index in [-0.39, 0.29) is 0 Å². The molecule has 140 valence electrons. The molecule has 0 radical (unpaired) electrons. The third-order valence-electron chi connectivity index (χ3n) is 4.53. The summed E-state index contributed by atoms with van der Waals surface area (Å²) < 4.78 is 26.2. The van der Waals surface area contributed by atoms with Crippen molar-refractivity contribution in [2.45, 2.75) is 99.3 Å². The van der Waals surface area contributed by atoms with E-state index in [0.717, 1.165) is 31.5 Å². The van der Waals surface area contributed by atoms with Crippen LogP contribution in [0.3, 0.4) is 0 Å². The Balaban J connectivity index is 0.00000254. The highest BCUT2D eigenvalue weighted by molar-refractivity contribution is 5.98. The van der Waals surface area contributed by atoms with Gasteiger partial charge < -0.3 is 0 Å². The van der Waals surface area contributed by atoms with Crippen molar-refractivity contribution in [3.63, 3.8) is 0 Å². The van der Waals surface area contributed by atoms with Gasteiger partial charge in [-0.15, -0.1) is 0 Å². The molecule has 0 saturated heterocycles. The van der Waals surface area contributed by atoms with E-state index in [0.29, 0.717) is 17.2 Å². The Morgan fingerprint density at radius 1 is 1.25 bits per heavy atom. The maximum atomic E-state index is 13.1. The van der Waals surface area contributed by atoms with Crippen LogP contribution in [0.2, 0.25) is 0 Å². The standard InChI is InChI=1S/C19H31F2N.C2H6/c1-6-7-8-10-17-11-9-12-18(15(17)3)22-16(4)14(2)13-19(5,20)21;1-2/h13,17H,6-12H2,1-5H3;1-2H3/b14-13+,22-16?;. The molecule has 0 aliphatic heterocycles. The van der Waals surface area contributed by atoms with Gasteiger partial charge in [0.15, 0.2) is 0 Å². The number of aliphatic imine (C=N–C) groups is 1. The van der Waals surface area contributed by atoms with E-state index >= 15 is 0 Å². The summed E-state index contributed by atoms with van der Waals surface area (Å²) in [6, 6.07) is 0. The van der Waals surface area contributed by atoms with Gasteiger partial charge in [0.1, 0.15) is 0 Å². The second kappa shape index (κ2) is 11.5. The largest absolute Gasteiger partial charge is 0.264 e. The van der Waals surface area contributed by atoms with Crippen molar-refractivity contribution in [1.82, 2.24) is 0 Å². The zero-order valence-electron chi connectivity index (χ0n) is 16.8. The highest BCUT2D eigenvalue weighted by Gasteiger charge is 2.21. The molecule has 0 bridgehead atoms. The Morgan fingerprint density at radius 3 is 2.42 bits per heavy atom. The van der Waals surface area contributed by atoms with Crippen molar-refractivity contribution < 1.29 is 8.78 Å². The van der Waals surface area contributed by atoms with Crippen molar-refractivity contribution in [1.29, 1.82) is 0 Å². The molecule has 0 heterocycles. The summed E-state index contributed by atoms with van der Waals surface area (Å²) in [4.78, 5) is 4.67. The number of alkyl halides is 2. The molecule has 0 saturated carbocycles. The lowest BCUT2D eigenvalue weighted by Crippen LogP contribution is -2.12. The Bertz CT molecular complexity index is 453. The third-order valence-corrected chi connectivity index (χ3v) is 4.53. The predicted molar refractivity (Wildman–Crippen MR) is 103 cm³/mol. The number of halogens is 2. The molecule has 24 heavy (non-hydrogen) atoms. The molecular weight excluding hydrogens is 304 g/mol. The fraction of sp³-hybridized carbons (Fsp3) is 0.762. The van der Waals surface area contributed by atoms with E-state index in [1.54, 1.807) is 6.92 Å². The summed E-state index contributed by atoms with van der Waals surface area (Å²) in [6.45, 7) is 12.9. The number of hydrogen-bond donors (Lipinski definition) is 0. The van der Waals surface area contributed by atoms with Gasteiger partial charge in [-0.2, -0.15) is 0 Å².